The molecule has 0 fully saturated rings. The van der Waals surface area contributed by atoms with E-state index in [-0.39, 0.29) is 12.4 Å². The standard InChI is InChI=1S/C17H21N3O.ClH/c1-12-18-16-6-4-5-15(16)17(19-12)20(2)11-13-7-9-14(21-3)10-8-13;/h7-10H,4-6,11H2,1-3H3;1H. The van der Waals surface area contributed by atoms with Crippen molar-refractivity contribution in [2.24, 2.45) is 0 Å². The summed E-state index contributed by atoms with van der Waals surface area (Å²) in [6.07, 6.45) is 3.37. The largest absolute Gasteiger partial charge is 0.497 e. The molecule has 118 valence electrons. The second-order valence-electron chi connectivity index (χ2n) is 5.58. The number of anilines is 1. The molecule has 3 rings (SSSR count). The van der Waals surface area contributed by atoms with Crippen LogP contribution in [0, 0.1) is 6.92 Å². The van der Waals surface area contributed by atoms with Gasteiger partial charge in [0.25, 0.3) is 0 Å². The first-order valence-electron chi connectivity index (χ1n) is 7.38. The Hall–Kier alpha value is -1.81. The summed E-state index contributed by atoms with van der Waals surface area (Å²) in [4.78, 5) is 11.5. The zero-order chi connectivity index (χ0) is 14.8. The lowest BCUT2D eigenvalue weighted by atomic mass is 10.2. The summed E-state index contributed by atoms with van der Waals surface area (Å²) in [5.41, 5.74) is 3.82. The van der Waals surface area contributed by atoms with E-state index in [1.54, 1.807) is 7.11 Å². The molecule has 1 aliphatic rings. The number of rotatable bonds is 4. The molecule has 0 spiro atoms. The quantitative estimate of drug-likeness (QED) is 0.866. The maximum Gasteiger partial charge on any atom is 0.135 e. The number of nitrogens with zero attached hydrogens (tertiary/aromatic N) is 3. The summed E-state index contributed by atoms with van der Waals surface area (Å²) in [6, 6.07) is 8.20. The van der Waals surface area contributed by atoms with Gasteiger partial charge in [0.15, 0.2) is 0 Å². The molecule has 0 N–H and O–H groups in total. The van der Waals surface area contributed by atoms with Crippen molar-refractivity contribution in [2.45, 2.75) is 32.7 Å². The molecule has 4 nitrogen and oxygen atoms in total. The lowest BCUT2D eigenvalue weighted by Gasteiger charge is -2.21. The van der Waals surface area contributed by atoms with E-state index < -0.39 is 0 Å². The van der Waals surface area contributed by atoms with E-state index in [0.717, 1.165) is 36.8 Å². The highest BCUT2D eigenvalue weighted by Gasteiger charge is 2.20. The summed E-state index contributed by atoms with van der Waals surface area (Å²) >= 11 is 0. The Morgan fingerprint density at radius 2 is 1.86 bits per heavy atom. The van der Waals surface area contributed by atoms with Crippen LogP contribution < -0.4 is 9.64 Å². The fourth-order valence-electron chi connectivity index (χ4n) is 2.93. The molecule has 1 aliphatic carbocycles. The van der Waals surface area contributed by atoms with E-state index >= 15 is 0 Å². The molecular weight excluding hydrogens is 298 g/mol. The number of methoxy groups -OCH3 is 1. The van der Waals surface area contributed by atoms with Gasteiger partial charge in [-0.05, 0) is 43.9 Å². The van der Waals surface area contributed by atoms with Crippen LogP contribution in [0.5, 0.6) is 5.75 Å². The average Bonchev–Trinajstić information content (AvgIpc) is 2.95. The predicted molar refractivity (Wildman–Crippen MR) is 91.1 cm³/mol. The van der Waals surface area contributed by atoms with Gasteiger partial charge in [0.1, 0.15) is 17.4 Å². The lowest BCUT2D eigenvalue weighted by molar-refractivity contribution is 0.414. The fraction of sp³-hybridized carbons (Fsp3) is 0.412. The SMILES string of the molecule is COc1ccc(CN(C)c2nc(C)nc3c2CCC3)cc1.Cl. The second kappa shape index (κ2) is 6.97. The molecule has 0 radical (unpaired) electrons. The number of hydrogen-bond donors (Lipinski definition) is 0. The van der Waals surface area contributed by atoms with Crippen LogP contribution in [0.25, 0.3) is 0 Å². The molecule has 1 heterocycles. The number of benzene rings is 1. The van der Waals surface area contributed by atoms with Crippen molar-refractivity contribution in [3.63, 3.8) is 0 Å². The lowest BCUT2D eigenvalue weighted by Crippen LogP contribution is -2.20. The molecule has 1 aromatic heterocycles. The number of aromatic nitrogens is 2. The van der Waals surface area contributed by atoms with Gasteiger partial charge in [-0.25, -0.2) is 9.97 Å². The third-order valence-electron chi connectivity index (χ3n) is 3.96. The average molecular weight is 320 g/mol. The summed E-state index contributed by atoms with van der Waals surface area (Å²) in [5.74, 6) is 2.85. The highest BCUT2D eigenvalue weighted by Crippen LogP contribution is 2.29. The Morgan fingerprint density at radius 1 is 1.14 bits per heavy atom. The molecule has 0 bridgehead atoms. The molecule has 1 aromatic carbocycles. The molecule has 0 saturated heterocycles. The zero-order valence-corrected chi connectivity index (χ0v) is 14.1. The van der Waals surface area contributed by atoms with Crippen LogP contribution in [0.1, 0.15) is 29.1 Å². The minimum absolute atomic E-state index is 0. The Kier molecular flexibility index (Phi) is 5.24. The minimum Gasteiger partial charge on any atom is -0.497 e. The smallest absolute Gasteiger partial charge is 0.135 e. The number of halogens is 1. The van der Waals surface area contributed by atoms with Crippen LogP contribution in [0.4, 0.5) is 5.82 Å². The minimum atomic E-state index is 0. The van der Waals surface area contributed by atoms with Gasteiger partial charge >= 0.3 is 0 Å². The highest BCUT2D eigenvalue weighted by atomic mass is 35.5. The molecule has 0 unspecified atom stereocenters. The Balaban J connectivity index is 0.00000176. The van der Waals surface area contributed by atoms with Crippen LogP contribution in [-0.2, 0) is 19.4 Å². The van der Waals surface area contributed by atoms with Gasteiger partial charge in [-0.2, -0.15) is 0 Å². The van der Waals surface area contributed by atoms with Gasteiger partial charge in [-0.15, -0.1) is 12.4 Å². The third kappa shape index (κ3) is 3.33. The first-order chi connectivity index (χ1) is 10.2. The highest BCUT2D eigenvalue weighted by molar-refractivity contribution is 5.85. The van der Waals surface area contributed by atoms with Crippen LogP contribution in [0.15, 0.2) is 24.3 Å². The van der Waals surface area contributed by atoms with E-state index in [0.29, 0.717) is 0 Å². The first kappa shape index (κ1) is 16.6. The number of fused-ring (bicyclic) bond motifs is 1. The molecule has 0 atom stereocenters. The van der Waals surface area contributed by atoms with Crippen molar-refractivity contribution >= 4 is 18.2 Å². The summed E-state index contributed by atoms with van der Waals surface area (Å²) in [7, 11) is 3.79. The number of hydrogen-bond acceptors (Lipinski definition) is 4. The maximum atomic E-state index is 5.20. The topological polar surface area (TPSA) is 38.2 Å². The van der Waals surface area contributed by atoms with Gasteiger partial charge in [0, 0.05) is 24.8 Å². The Labute approximate surface area is 138 Å². The number of aryl methyl sites for hydroxylation is 2. The molecule has 0 aliphatic heterocycles. The molecule has 2 aromatic rings. The number of ether oxygens (including phenoxy) is 1. The summed E-state index contributed by atoms with van der Waals surface area (Å²) < 4.78 is 5.20. The van der Waals surface area contributed by atoms with E-state index in [4.69, 9.17) is 4.74 Å². The zero-order valence-electron chi connectivity index (χ0n) is 13.3. The van der Waals surface area contributed by atoms with E-state index in [1.165, 1.54) is 23.2 Å². The molecule has 0 saturated carbocycles. The monoisotopic (exact) mass is 319 g/mol. The Morgan fingerprint density at radius 3 is 2.55 bits per heavy atom. The Bertz CT molecular complexity index is 643. The van der Waals surface area contributed by atoms with Crippen molar-refractivity contribution < 1.29 is 4.74 Å². The second-order valence-corrected chi connectivity index (χ2v) is 5.58. The van der Waals surface area contributed by atoms with Gasteiger partial charge in [0.05, 0.1) is 7.11 Å². The van der Waals surface area contributed by atoms with Crippen molar-refractivity contribution in [1.82, 2.24) is 9.97 Å². The van der Waals surface area contributed by atoms with Gasteiger partial charge in [0.2, 0.25) is 0 Å². The molecular formula is C17H22ClN3O. The maximum absolute atomic E-state index is 5.20. The van der Waals surface area contributed by atoms with E-state index in [1.807, 2.05) is 19.1 Å². The van der Waals surface area contributed by atoms with Gasteiger partial charge < -0.3 is 9.64 Å². The predicted octanol–water partition coefficient (Wildman–Crippen LogP) is 3.34. The summed E-state index contributed by atoms with van der Waals surface area (Å²) in [6.45, 7) is 2.82. The van der Waals surface area contributed by atoms with Crippen molar-refractivity contribution in [1.29, 1.82) is 0 Å². The van der Waals surface area contributed by atoms with Crippen LogP contribution in [0.2, 0.25) is 0 Å². The molecule has 22 heavy (non-hydrogen) atoms. The summed E-state index contributed by atoms with van der Waals surface area (Å²) in [5, 5.41) is 0. The normalized spacial score (nSPS) is 12.5. The van der Waals surface area contributed by atoms with Crippen molar-refractivity contribution in [3.8, 4) is 5.75 Å². The van der Waals surface area contributed by atoms with Gasteiger partial charge in [-0.1, -0.05) is 12.1 Å². The van der Waals surface area contributed by atoms with E-state index in [2.05, 4.69) is 34.0 Å². The van der Waals surface area contributed by atoms with E-state index in [9.17, 15) is 0 Å². The van der Waals surface area contributed by atoms with Crippen molar-refractivity contribution in [2.75, 3.05) is 19.1 Å². The van der Waals surface area contributed by atoms with Crippen LogP contribution in [-0.4, -0.2) is 24.1 Å². The molecule has 5 heteroatoms. The first-order valence-corrected chi connectivity index (χ1v) is 7.38. The van der Waals surface area contributed by atoms with Crippen LogP contribution >= 0.6 is 12.4 Å². The van der Waals surface area contributed by atoms with Gasteiger partial charge in [-0.3, -0.25) is 0 Å². The van der Waals surface area contributed by atoms with Crippen LogP contribution in [0.3, 0.4) is 0 Å². The fourth-order valence-corrected chi connectivity index (χ4v) is 2.93. The third-order valence-corrected chi connectivity index (χ3v) is 3.96. The van der Waals surface area contributed by atoms with Crippen molar-refractivity contribution in [3.05, 3.63) is 46.9 Å². The molecule has 0 amide bonds.